The Morgan fingerprint density at radius 3 is 2.00 bits per heavy atom. The Kier molecular flexibility index (Phi) is 4.78. The summed E-state index contributed by atoms with van der Waals surface area (Å²) in [5.74, 6) is -1.31. The molecule has 2 aromatic carbocycles. The van der Waals surface area contributed by atoms with Gasteiger partial charge in [-0.2, -0.15) is 26.3 Å². The molecule has 0 spiro atoms. The minimum Gasteiger partial charge on any atom is -0.467 e. The molecular weight excluding hydrogens is 394 g/mol. The largest absolute Gasteiger partial charge is 0.467 e. The van der Waals surface area contributed by atoms with Crippen molar-refractivity contribution in [2.75, 3.05) is 13.7 Å². The maximum Gasteiger partial charge on any atom is 0.416 e. The van der Waals surface area contributed by atoms with Crippen LogP contribution in [0, 0.1) is 0 Å². The fourth-order valence-electron chi connectivity index (χ4n) is 2.64. The molecule has 0 aliphatic carbocycles. The second-order valence-corrected chi connectivity index (χ2v) is 5.94. The summed E-state index contributed by atoms with van der Waals surface area (Å²) < 4.78 is 92.9. The van der Waals surface area contributed by atoms with Crippen LogP contribution in [0.3, 0.4) is 0 Å². The van der Waals surface area contributed by atoms with Gasteiger partial charge < -0.3 is 14.2 Å². The number of esters is 1. The molecule has 1 aliphatic rings. The first-order valence-corrected chi connectivity index (χ1v) is 7.76. The third-order valence-corrected chi connectivity index (χ3v) is 4.10. The molecule has 2 aromatic rings. The number of benzene rings is 2. The number of halogens is 6. The molecule has 0 amide bonds. The van der Waals surface area contributed by atoms with Crippen LogP contribution in [0.2, 0.25) is 0 Å². The van der Waals surface area contributed by atoms with Gasteiger partial charge >= 0.3 is 18.3 Å². The first-order chi connectivity index (χ1) is 13.0. The van der Waals surface area contributed by atoms with Gasteiger partial charge in [-0.1, -0.05) is 6.07 Å². The number of methoxy groups -OCH3 is 1. The van der Waals surface area contributed by atoms with E-state index in [4.69, 9.17) is 9.47 Å². The van der Waals surface area contributed by atoms with Crippen LogP contribution in [-0.2, 0) is 32.2 Å². The van der Waals surface area contributed by atoms with Crippen molar-refractivity contribution < 1.29 is 45.3 Å². The highest BCUT2D eigenvalue weighted by Gasteiger charge is 2.58. The zero-order valence-electron chi connectivity index (χ0n) is 14.1. The van der Waals surface area contributed by atoms with E-state index >= 15 is 0 Å². The summed E-state index contributed by atoms with van der Waals surface area (Å²) in [6, 6.07) is 6.31. The highest BCUT2D eigenvalue weighted by molar-refractivity contribution is 5.84. The Labute approximate surface area is 154 Å². The summed E-state index contributed by atoms with van der Waals surface area (Å²) in [6.07, 6.45) is -9.38. The number of hydrogen-bond acceptors (Lipinski definition) is 4. The predicted molar refractivity (Wildman–Crippen MR) is 82.6 cm³/mol. The molecule has 3 rings (SSSR count). The Hall–Kier alpha value is -2.75. The zero-order valence-corrected chi connectivity index (χ0v) is 14.1. The van der Waals surface area contributed by atoms with E-state index in [0.717, 1.165) is 43.5 Å². The summed E-state index contributed by atoms with van der Waals surface area (Å²) in [5.41, 5.74) is -4.34. The van der Waals surface area contributed by atoms with Crippen LogP contribution in [0.25, 0.3) is 0 Å². The molecule has 0 bridgehead atoms. The van der Waals surface area contributed by atoms with Gasteiger partial charge in [0, 0.05) is 5.56 Å². The van der Waals surface area contributed by atoms with Crippen LogP contribution in [0.5, 0.6) is 11.5 Å². The number of carbonyl (C=O) groups is 1. The second-order valence-electron chi connectivity index (χ2n) is 5.94. The van der Waals surface area contributed by atoms with E-state index in [1.54, 1.807) is 0 Å². The summed E-state index contributed by atoms with van der Waals surface area (Å²) in [4.78, 5) is 11.8. The Morgan fingerprint density at radius 1 is 0.964 bits per heavy atom. The molecule has 0 N–H and O–H groups in total. The second kappa shape index (κ2) is 6.69. The van der Waals surface area contributed by atoms with E-state index < -0.39 is 40.6 Å². The molecule has 0 radical (unpaired) electrons. The lowest BCUT2D eigenvalue weighted by Gasteiger charge is -2.18. The van der Waals surface area contributed by atoms with Crippen LogP contribution >= 0.6 is 0 Å². The third-order valence-electron chi connectivity index (χ3n) is 4.10. The van der Waals surface area contributed by atoms with E-state index in [-0.39, 0.29) is 18.1 Å². The molecule has 28 heavy (non-hydrogen) atoms. The molecule has 1 unspecified atom stereocenters. The third kappa shape index (κ3) is 3.77. The standard InChI is InChI=1S/C18H12F6O4/c1-26-15(25)16(9-27-16)13-7-6-12(8-14(13)18(22,23)24)28-11-4-2-10(3-5-11)17(19,20)21/h2-8H,9H2,1H3. The van der Waals surface area contributed by atoms with Crippen molar-refractivity contribution in [2.45, 2.75) is 18.0 Å². The average Bonchev–Trinajstić information content (AvgIpc) is 3.42. The number of rotatable bonds is 4. The molecule has 1 heterocycles. The molecule has 10 heteroatoms. The molecule has 150 valence electrons. The first-order valence-electron chi connectivity index (χ1n) is 7.76. The van der Waals surface area contributed by atoms with Crippen molar-refractivity contribution in [1.29, 1.82) is 0 Å². The zero-order chi connectivity index (χ0) is 20.7. The lowest BCUT2D eigenvalue weighted by atomic mass is 9.94. The predicted octanol–water partition coefficient (Wildman–Crippen LogP) is 4.92. The van der Waals surface area contributed by atoms with Crippen LogP contribution in [0.1, 0.15) is 16.7 Å². The number of alkyl halides is 6. The smallest absolute Gasteiger partial charge is 0.416 e. The number of ether oxygens (including phenoxy) is 3. The summed E-state index contributed by atoms with van der Waals surface area (Å²) in [5, 5.41) is 0. The van der Waals surface area contributed by atoms with E-state index in [9.17, 15) is 31.1 Å². The lowest BCUT2D eigenvalue weighted by Crippen LogP contribution is -2.27. The molecule has 1 fully saturated rings. The maximum absolute atomic E-state index is 13.5. The first kappa shape index (κ1) is 20.0. The fraction of sp³-hybridized carbons (Fsp3) is 0.278. The highest BCUT2D eigenvalue weighted by atomic mass is 19.4. The minimum atomic E-state index is -4.83. The number of epoxide rings is 1. The Bertz CT molecular complexity index is 882. The number of carbonyl (C=O) groups excluding carboxylic acids is 1. The van der Waals surface area contributed by atoms with Gasteiger partial charge in [-0.3, -0.25) is 0 Å². The normalized spacial score (nSPS) is 19.2. The van der Waals surface area contributed by atoms with Gasteiger partial charge in [0.05, 0.1) is 24.8 Å². The molecule has 0 aromatic heterocycles. The van der Waals surface area contributed by atoms with Crippen molar-refractivity contribution in [3.63, 3.8) is 0 Å². The van der Waals surface area contributed by atoms with Crippen molar-refractivity contribution in [3.05, 3.63) is 59.2 Å². The van der Waals surface area contributed by atoms with Crippen LogP contribution in [0.15, 0.2) is 42.5 Å². The maximum atomic E-state index is 13.5. The van der Waals surface area contributed by atoms with Crippen molar-refractivity contribution in [1.82, 2.24) is 0 Å². The van der Waals surface area contributed by atoms with Crippen molar-refractivity contribution >= 4 is 5.97 Å². The van der Waals surface area contributed by atoms with Crippen LogP contribution in [0.4, 0.5) is 26.3 Å². The van der Waals surface area contributed by atoms with Gasteiger partial charge in [-0.05, 0) is 36.4 Å². The molecule has 1 saturated heterocycles. The number of hydrogen-bond donors (Lipinski definition) is 0. The Balaban J connectivity index is 1.93. The molecule has 1 aliphatic heterocycles. The average molecular weight is 406 g/mol. The summed E-state index contributed by atoms with van der Waals surface area (Å²) in [7, 11) is 1.03. The van der Waals surface area contributed by atoms with E-state index in [2.05, 4.69) is 4.74 Å². The van der Waals surface area contributed by atoms with Gasteiger partial charge in [0.1, 0.15) is 11.5 Å². The van der Waals surface area contributed by atoms with Crippen molar-refractivity contribution in [2.24, 2.45) is 0 Å². The molecular formula is C18H12F6O4. The monoisotopic (exact) mass is 406 g/mol. The van der Waals surface area contributed by atoms with Crippen molar-refractivity contribution in [3.8, 4) is 11.5 Å². The lowest BCUT2D eigenvalue weighted by molar-refractivity contribution is -0.149. The molecule has 4 nitrogen and oxygen atoms in total. The fourth-order valence-corrected chi connectivity index (χ4v) is 2.64. The summed E-state index contributed by atoms with van der Waals surface area (Å²) >= 11 is 0. The summed E-state index contributed by atoms with van der Waals surface area (Å²) in [6.45, 7) is -0.262. The van der Waals surface area contributed by atoms with E-state index in [0.29, 0.717) is 6.07 Å². The van der Waals surface area contributed by atoms with Gasteiger partial charge in [0.2, 0.25) is 5.60 Å². The molecule has 0 saturated carbocycles. The van der Waals surface area contributed by atoms with E-state index in [1.165, 1.54) is 0 Å². The quantitative estimate of drug-likeness (QED) is 0.411. The van der Waals surface area contributed by atoms with Gasteiger partial charge in [0.15, 0.2) is 0 Å². The highest BCUT2D eigenvalue weighted by Crippen LogP contribution is 2.47. The van der Waals surface area contributed by atoms with Crippen LogP contribution < -0.4 is 4.74 Å². The SMILES string of the molecule is COC(=O)C1(c2ccc(Oc3ccc(C(F)(F)F)cc3)cc2C(F)(F)F)CO1. The van der Waals surface area contributed by atoms with Crippen LogP contribution in [-0.4, -0.2) is 19.7 Å². The van der Waals surface area contributed by atoms with Gasteiger partial charge in [-0.15, -0.1) is 0 Å². The van der Waals surface area contributed by atoms with Gasteiger partial charge in [-0.25, -0.2) is 4.79 Å². The molecule has 1 atom stereocenters. The van der Waals surface area contributed by atoms with Gasteiger partial charge in [0.25, 0.3) is 0 Å². The van der Waals surface area contributed by atoms with E-state index in [1.807, 2.05) is 0 Å². The topological polar surface area (TPSA) is 48.1 Å². The minimum absolute atomic E-state index is 0.0840. The Morgan fingerprint density at radius 2 is 1.54 bits per heavy atom.